The van der Waals surface area contributed by atoms with Crippen LogP contribution in [0.1, 0.15) is 16.7 Å². The number of sulfonamides is 1. The number of rotatable bonds is 10. The van der Waals surface area contributed by atoms with Crippen LogP contribution in [-0.4, -0.2) is 27.1 Å². The molecule has 0 aliphatic heterocycles. The molecule has 0 aliphatic rings. The summed E-state index contributed by atoms with van der Waals surface area (Å²) in [5, 5.41) is 4.46. The van der Waals surface area contributed by atoms with Crippen molar-refractivity contribution in [3.05, 3.63) is 125 Å². The highest BCUT2D eigenvalue weighted by Crippen LogP contribution is 2.28. The summed E-state index contributed by atoms with van der Waals surface area (Å²) < 4.78 is 33.7. The van der Waals surface area contributed by atoms with Crippen molar-refractivity contribution < 1.29 is 17.9 Å². The van der Waals surface area contributed by atoms with Crippen LogP contribution in [0.4, 0.5) is 5.69 Å². The van der Waals surface area contributed by atoms with Crippen molar-refractivity contribution in [3.8, 4) is 5.75 Å². The second-order valence-corrected chi connectivity index (χ2v) is 10.7. The van der Waals surface area contributed by atoms with Gasteiger partial charge in [-0.05, 0) is 78.2 Å². The van der Waals surface area contributed by atoms with Crippen molar-refractivity contribution in [2.75, 3.05) is 10.8 Å². The minimum Gasteiger partial charge on any atom is -0.489 e. The molecule has 0 heterocycles. The molecule has 0 atom stereocenters. The van der Waals surface area contributed by atoms with Crippen LogP contribution in [0.15, 0.2) is 113 Å². The third-order valence-corrected chi connectivity index (χ3v) is 7.59. The Labute approximate surface area is 227 Å². The van der Waals surface area contributed by atoms with Crippen molar-refractivity contribution in [2.45, 2.75) is 18.4 Å². The van der Waals surface area contributed by atoms with Crippen molar-refractivity contribution in [1.82, 2.24) is 5.43 Å². The first-order valence-corrected chi connectivity index (χ1v) is 13.6. The van der Waals surface area contributed by atoms with Gasteiger partial charge in [0, 0.05) is 5.02 Å². The lowest BCUT2D eigenvalue weighted by Gasteiger charge is -2.25. The Bertz CT molecular complexity index is 1510. The molecule has 0 radical (unpaired) electrons. The Morgan fingerprint density at radius 2 is 1.61 bits per heavy atom. The van der Waals surface area contributed by atoms with Crippen LogP contribution in [0.3, 0.4) is 0 Å². The van der Waals surface area contributed by atoms with Gasteiger partial charge in [-0.1, -0.05) is 60.1 Å². The number of hydrogen-bond donors (Lipinski definition) is 1. The zero-order valence-electron chi connectivity index (χ0n) is 20.6. The largest absolute Gasteiger partial charge is 0.489 e. The summed E-state index contributed by atoms with van der Waals surface area (Å²) in [7, 11) is -4.03. The summed E-state index contributed by atoms with van der Waals surface area (Å²) in [6.07, 6.45) is 1.47. The van der Waals surface area contributed by atoms with Crippen molar-refractivity contribution in [1.29, 1.82) is 0 Å². The molecule has 1 N–H and O–H groups in total. The third-order valence-electron chi connectivity index (χ3n) is 5.58. The quantitative estimate of drug-likeness (QED) is 0.207. The second-order valence-electron chi connectivity index (χ2n) is 8.39. The average Bonchev–Trinajstić information content (AvgIpc) is 2.93. The zero-order chi connectivity index (χ0) is 27.0. The van der Waals surface area contributed by atoms with Gasteiger partial charge in [0.2, 0.25) is 0 Å². The Balaban J connectivity index is 1.42. The van der Waals surface area contributed by atoms with Crippen molar-refractivity contribution in [3.63, 3.8) is 0 Å². The number of ether oxygens (including phenoxy) is 1. The molecule has 0 saturated carbocycles. The van der Waals surface area contributed by atoms with E-state index in [0.29, 0.717) is 28.6 Å². The Kier molecular flexibility index (Phi) is 8.78. The van der Waals surface area contributed by atoms with E-state index in [-0.39, 0.29) is 4.90 Å². The maximum absolute atomic E-state index is 13.4. The third kappa shape index (κ3) is 7.00. The first-order valence-electron chi connectivity index (χ1n) is 11.8. The maximum Gasteiger partial charge on any atom is 0.264 e. The van der Waals surface area contributed by atoms with Crippen LogP contribution in [0.2, 0.25) is 5.02 Å². The molecule has 7 nitrogen and oxygen atoms in total. The summed E-state index contributed by atoms with van der Waals surface area (Å²) >= 11 is 6.07. The number of nitrogens with one attached hydrogen (secondary N) is 1. The van der Waals surface area contributed by atoms with E-state index in [4.69, 9.17) is 16.3 Å². The molecule has 0 bridgehead atoms. The molecule has 38 heavy (non-hydrogen) atoms. The lowest BCUT2D eigenvalue weighted by atomic mass is 10.2. The molecule has 0 fully saturated rings. The van der Waals surface area contributed by atoms with Gasteiger partial charge < -0.3 is 4.74 Å². The Morgan fingerprint density at radius 3 is 2.26 bits per heavy atom. The molecule has 0 unspecified atom stereocenters. The lowest BCUT2D eigenvalue weighted by molar-refractivity contribution is -0.119. The molecule has 1 amide bonds. The van der Waals surface area contributed by atoms with Crippen LogP contribution in [0.5, 0.6) is 5.75 Å². The monoisotopic (exact) mass is 547 g/mol. The number of aryl methyl sites for hydroxylation is 1. The number of nitrogens with zero attached hydrogens (tertiary/aromatic N) is 2. The van der Waals surface area contributed by atoms with Crippen LogP contribution in [0, 0.1) is 6.92 Å². The smallest absolute Gasteiger partial charge is 0.264 e. The molecule has 0 spiro atoms. The molecular formula is C29H26ClN3O4S. The molecule has 0 aliphatic carbocycles. The molecule has 4 aromatic carbocycles. The normalized spacial score (nSPS) is 11.3. The molecule has 0 aromatic heterocycles. The summed E-state index contributed by atoms with van der Waals surface area (Å²) in [5.74, 6) is 0.105. The van der Waals surface area contributed by atoms with E-state index in [1.807, 2.05) is 42.5 Å². The average molecular weight is 548 g/mol. The van der Waals surface area contributed by atoms with Crippen molar-refractivity contribution >= 4 is 39.4 Å². The number of carbonyl (C=O) groups is 1. The number of benzene rings is 4. The predicted octanol–water partition coefficient (Wildman–Crippen LogP) is 5.57. The summed E-state index contributed by atoms with van der Waals surface area (Å²) in [6.45, 7) is 1.72. The Morgan fingerprint density at radius 1 is 0.947 bits per heavy atom. The molecule has 9 heteroatoms. The van der Waals surface area contributed by atoms with E-state index >= 15 is 0 Å². The van der Waals surface area contributed by atoms with Gasteiger partial charge >= 0.3 is 0 Å². The highest BCUT2D eigenvalue weighted by Gasteiger charge is 2.28. The zero-order valence-corrected chi connectivity index (χ0v) is 22.2. The second kappa shape index (κ2) is 12.4. The minimum absolute atomic E-state index is 0.0697. The number of halogens is 1. The molecule has 0 saturated heterocycles. The molecular weight excluding hydrogens is 522 g/mol. The van der Waals surface area contributed by atoms with E-state index in [1.54, 1.807) is 55.5 Å². The van der Waals surface area contributed by atoms with Gasteiger partial charge in [-0.15, -0.1) is 0 Å². The number of hydrogen-bond acceptors (Lipinski definition) is 5. The Hall–Kier alpha value is -4.14. The molecule has 194 valence electrons. The van der Waals surface area contributed by atoms with E-state index in [0.717, 1.165) is 15.4 Å². The maximum atomic E-state index is 13.4. The first kappa shape index (κ1) is 26.9. The number of hydrazone groups is 1. The topological polar surface area (TPSA) is 88.1 Å². The van der Waals surface area contributed by atoms with E-state index in [1.165, 1.54) is 18.3 Å². The molecule has 4 rings (SSSR count). The van der Waals surface area contributed by atoms with Gasteiger partial charge in [0.05, 0.1) is 16.8 Å². The number of amides is 1. The number of anilines is 1. The standard InChI is InChI=1S/C29H26ClN3O4S/c1-22-18-25(30)14-17-28(22)33(38(35,36)27-10-6-3-7-11-27)20-29(34)32-31-19-23-12-15-26(16-13-23)37-21-24-8-4-2-5-9-24/h2-19H,20-21H2,1H3,(H,32,34)/b31-19-. The van der Waals surface area contributed by atoms with Gasteiger partial charge in [-0.2, -0.15) is 5.10 Å². The highest BCUT2D eigenvalue weighted by atomic mass is 35.5. The van der Waals surface area contributed by atoms with Crippen LogP contribution in [0.25, 0.3) is 0 Å². The van der Waals surface area contributed by atoms with Crippen LogP contribution < -0.4 is 14.5 Å². The van der Waals surface area contributed by atoms with E-state index in [9.17, 15) is 13.2 Å². The predicted molar refractivity (Wildman–Crippen MR) is 150 cm³/mol. The lowest BCUT2D eigenvalue weighted by Crippen LogP contribution is -2.40. The van der Waals surface area contributed by atoms with Gasteiger partial charge in [-0.3, -0.25) is 9.10 Å². The summed E-state index contributed by atoms with van der Waals surface area (Å²) in [4.78, 5) is 12.8. The molecule has 4 aromatic rings. The van der Waals surface area contributed by atoms with Gasteiger partial charge in [0.15, 0.2) is 0 Å². The summed E-state index contributed by atoms with van der Waals surface area (Å²) in [6, 6.07) is 29.8. The van der Waals surface area contributed by atoms with E-state index < -0.39 is 22.5 Å². The van der Waals surface area contributed by atoms with Gasteiger partial charge in [0.25, 0.3) is 15.9 Å². The number of carbonyl (C=O) groups excluding carboxylic acids is 1. The van der Waals surface area contributed by atoms with Crippen molar-refractivity contribution in [2.24, 2.45) is 5.10 Å². The first-order chi connectivity index (χ1) is 18.3. The van der Waals surface area contributed by atoms with Crippen LogP contribution >= 0.6 is 11.6 Å². The van der Waals surface area contributed by atoms with Gasteiger partial charge in [-0.25, -0.2) is 13.8 Å². The summed E-state index contributed by atoms with van der Waals surface area (Å²) in [5.41, 5.74) is 5.18. The fourth-order valence-corrected chi connectivity index (χ4v) is 5.39. The van der Waals surface area contributed by atoms with E-state index in [2.05, 4.69) is 10.5 Å². The van der Waals surface area contributed by atoms with Crippen LogP contribution in [-0.2, 0) is 21.4 Å². The fourth-order valence-electron chi connectivity index (χ4n) is 3.65. The van der Waals surface area contributed by atoms with Gasteiger partial charge in [0.1, 0.15) is 18.9 Å². The highest BCUT2D eigenvalue weighted by molar-refractivity contribution is 7.92. The SMILES string of the molecule is Cc1cc(Cl)ccc1N(CC(=O)N/N=C\c1ccc(OCc2ccccc2)cc1)S(=O)(=O)c1ccccc1. The fraction of sp³-hybridized carbons (Fsp3) is 0.103. The minimum atomic E-state index is -4.03.